The highest BCUT2D eigenvalue weighted by Gasteiger charge is 2.39. The van der Waals surface area contributed by atoms with Crippen LogP contribution in [0.15, 0.2) is 52.4 Å². The molecule has 1 amide bonds. The molecule has 1 aliphatic rings. The molecule has 10 nitrogen and oxygen atoms in total. The summed E-state index contributed by atoms with van der Waals surface area (Å²) >= 11 is 1.26. The maximum atomic E-state index is 13.4. The highest BCUT2D eigenvalue weighted by Crippen LogP contribution is 2.28. The second kappa shape index (κ2) is 12.2. The van der Waals surface area contributed by atoms with Gasteiger partial charge < -0.3 is 18.8 Å². The molecule has 1 saturated heterocycles. The number of ether oxygens (including phenoxy) is 3. The van der Waals surface area contributed by atoms with Crippen molar-refractivity contribution in [3.8, 4) is 5.75 Å². The summed E-state index contributed by atoms with van der Waals surface area (Å²) in [6, 6.07) is 10.4. The number of amides is 1. The first-order valence-electron chi connectivity index (χ1n) is 12.4. The van der Waals surface area contributed by atoms with Crippen LogP contribution in [0.2, 0.25) is 0 Å². The van der Waals surface area contributed by atoms with Crippen LogP contribution in [-0.4, -0.2) is 68.7 Å². The molecule has 3 aromatic rings. The third kappa shape index (κ3) is 5.83. The predicted molar refractivity (Wildman–Crippen MR) is 143 cm³/mol. The molecule has 4 rings (SSSR count). The fourth-order valence-corrected chi connectivity index (χ4v) is 7.09. The first kappa shape index (κ1) is 28.0. The number of hydrogen-bond donors (Lipinski definition) is 0. The van der Waals surface area contributed by atoms with Gasteiger partial charge in [-0.15, -0.1) is 0 Å². The fourth-order valence-electron chi connectivity index (χ4n) is 4.34. The number of hydrogen-bond acceptors (Lipinski definition) is 8. The normalized spacial score (nSPS) is 16.7. The molecule has 1 aromatic heterocycles. The smallest absolute Gasteiger partial charge is 0.338 e. The van der Waals surface area contributed by atoms with Gasteiger partial charge in [-0.25, -0.2) is 13.2 Å². The van der Waals surface area contributed by atoms with Crippen molar-refractivity contribution in [3.63, 3.8) is 0 Å². The highest BCUT2D eigenvalue weighted by atomic mass is 32.2. The zero-order valence-corrected chi connectivity index (χ0v) is 23.2. The molecular weight excluding hydrogens is 530 g/mol. The lowest BCUT2D eigenvalue weighted by Crippen LogP contribution is -2.40. The Balaban J connectivity index is 1.69. The summed E-state index contributed by atoms with van der Waals surface area (Å²) in [6.45, 7) is 5.53. The molecule has 1 fully saturated rings. The van der Waals surface area contributed by atoms with E-state index in [1.807, 2.05) is 11.5 Å². The molecule has 204 valence electrons. The minimum absolute atomic E-state index is 0.0955. The van der Waals surface area contributed by atoms with E-state index < -0.39 is 27.9 Å². The number of benzene rings is 2. The number of thiazole rings is 1. The number of esters is 1. The minimum atomic E-state index is -3.90. The Morgan fingerprint density at radius 1 is 1.11 bits per heavy atom. The monoisotopic (exact) mass is 561 g/mol. The van der Waals surface area contributed by atoms with Gasteiger partial charge in [-0.05, 0) is 69.2 Å². The predicted octanol–water partition coefficient (Wildman–Crippen LogP) is 3.21. The van der Waals surface area contributed by atoms with E-state index in [4.69, 9.17) is 14.2 Å². The van der Waals surface area contributed by atoms with Gasteiger partial charge in [0.2, 0.25) is 10.0 Å². The summed E-state index contributed by atoms with van der Waals surface area (Å²) in [5.41, 5.74) is 1.20. The van der Waals surface area contributed by atoms with Crippen LogP contribution in [0.25, 0.3) is 10.2 Å². The van der Waals surface area contributed by atoms with Crippen molar-refractivity contribution in [1.82, 2.24) is 8.87 Å². The molecule has 0 radical (unpaired) electrons. The Labute approximate surface area is 225 Å². The number of aromatic nitrogens is 1. The van der Waals surface area contributed by atoms with Crippen LogP contribution in [0.5, 0.6) is 5.75 Å². The van der Waals surface area contributed by atoms with Gasteiger partial charge >= 0.3 is 5.97 Å². The zero-order chi connectivity index (χ0) is 27.3. The summed E-state index contributed by atoms with van der Waals surface area (Å²) < 4.78 is 46.3. The third-order valence-corrected chi connectivity index (χ3v) is 9.18. The molecule has 0 spiro atoms. The molecule has 2 aromatic carbocycles. The van der Waals surface area contributed by atoms with Gasteiger partial charge in [0.05, 0.1) is 41.0 Å². The standard InChI is InChI=1S/C26H31N3O7S2/c1-4-35-16-15-28-21-13-8-18(25(31)36-5-2)17-23(21)37-26(28)27-24(30)22-7-6-14-29(22)38(32,33)20-11-9-19(34-3)10-12-20/h8-13,17,22H,4-7,14-16H2,1-3H3. The molecular formula is C26H31N3O7S2. The maximum absolute atomic E-state index is 13.4. The highest BCUT2D eigenvalue weighted by molar-refractivity contribution is 7.89. The topological polar surface area (TPSA) is 117 Å². The van der Waals surface area contributed by atoms with Crippen molar-refractivity contribution < 1.29 is 32.2 Å². The number of fused-ring (bicyclic) bond motifs is 1. The molecule has 2 heterocycles. The van der Waals surface area contributed by atoms with Gasteiger partial charge in [-0.1, -0.05) is 11.3 Å². The number of nitrogens with zero attached hydrogens (tertiary/aromatic N) is 3. The van der Waals surface area contributed by atoms with E-state index in [0.29, 0.717) is 48.7 Å². The van der Waals surface area contributed by atoms with Crippen molar-refractivity contribution >= 4 is 43.5 Å². The van der Waals surface area contributed by atoms with Gasteiger partial charge in [0.15, 0.2) is 4.80 Å². The second-order valence-corrected chi connectivity index (χ2v) is 11.4. The molecule has 12 heteroatoms. The number of carbonyl (C=O) groups is 2. The fraction of sp³-hybridized carbons (Fsp3) is 0.423. The van der Waals surface area contributed by atoms with Gasteiger partial charge in [0.25, 0.3) is 5.91 Å². The Bertz CT molecular complexity index is 1480. The number of sulfonamides is 1. The first-order chi connectivity index (χ1) is 18.3. The summed E-state index contributed by atoms with van der Waals surface area (Å²) in [5.74, 6) is -0.411. The molecule has 1 atom stereocenters. The molecule has 1 aliphatic heterocycles. The lowest BCUT2D eigenvalue weighted by Gasteiger charge is -2.21. The van der Waals surface area contributed by atoms with E-state index in [0.717, 1.165) is 10.2 Å². The van der Waals surface area contributed by atoms with Crippen LogP contribution in [0.4, 0.5) is 0 Å². The van der Waals surface area contributed by atoms with Crippen molar-refractivity contribution in [2.24, 2.45) is 4.99 Å². The van der Waals surface area contributed by atoms with Gasteiger partial charge in [0.1, 0.15) is 11.8 Å². The van der Waals surface area contributed by atoms with Gasteiger partial charge in [-0.2, -0.15) is 9.30 Å². The Kier molecular flexibility index (Phi) is 8.98. The van der Waals surface area contributed by atoms with Crippen LogP contribution in [0, 0.1) is 0 Å². The van der Waals surface area contributed by atoms with E-state index in [1.54, 1.807) is 37.3 Å². The molecule has 0 saturated carbocycles. The van der Waals surface area contributed by atoms with Crippen LogP contribution in [0.1, 0.15) is 37.0 Å². The first-order valence-corrected chi connectivity index (χ1v) is 14.7. The third-order valence-electron chi connectivity index (χ3n) is 6.22. The van der Waals surface area contributed by atoms with E-state index in [9.17, 15) is 18.0 Å². The lowest BCUT2D eigenvalue weighted by atomic mass is 10.2. The Morgan fingerprint density at radius 3 is 2.55 bits per heavy atom. The van der Waals surface area contributed by atoms with Crippen LogP contribution in [-0.2, 0) is 30.8 Å². The number of methoxy groups -OCH3 is 1. The minimum Gasteiger partial charge on any atom is -0.497 e. The van der Waals surface area contributed by atoms with Crippen molar-refractivity contribution in [2.45, 2.75) is 44.2 Å². The van der Waals surface area contributed by atoms with Gasteiger partial charge in [-0.3, -0.25) is 4.79 Å². The van der Waals surface area contributed by atoms with E-state index in [1.165, 1.54) is 34.9 Å². The number of carbonyl (C=O) groups excluding carboxylic acids is 2. The Morgan fingerprint density at radius 2 is 1.87 bits per heavy atom. The summed E-state index contributed by atoms with van der Waals surface area (Å²) in [5, 5.41) is 0. The molecule has 0 aliphatic carbocycles. The Hall–Kier alpha value is -3.06. The SMILES string of the molecule is CCOCCn1c(=NC(=O)C2CCCN2S(=O)(=O)c2ccc(OC)cc2)sc2cc(C(=O)OCC)ccc21. The van der Waals surface area contributed by atoms with Crippen LogP contribution in [0.3, 0.4) is 0 Å². The summed E-state index contributed by atoms with van der Waals surface area (Å²) in [7, 11) is -2.39. The second-order valence-electron chi connectivity index (χ2n) is 8.54. The quantitative estimate of drug-likeness (QED) is 0.276. The molecule has 0 N–H and O–H groups in total. The maximum Gasteiger partial charge on any atom is 0.338 e. The van der Waals surface area contributed by atoms with Crippen molar-refractivity contribution in [2.75, 3.05) is 33.5 Å². The zero-order valence-electron chi connectivity index (χ0n) is 21.6. The van der Waals surface area contributed by atoms with E-state index in [-0.39, 0.29) is 18.0 Å². The van der Waals surface area contributed by atoms with Gasteiger partial charge in [0, 0.05) is 19.7 Å². The molecule has 1 unspecified atom stereocenters. The van der Waals surface area contributed by atoms with Crippen molar-refractivity contribution in [1.29, 1.82) is 0 Å². The summed E-state index contributed by atoms with van der Waals surface area (Å²) in [6.07, 6.45) is 0.940. The van der Waals surface area contributed by atoms with E-state index >= 15 is 0 Å². The van der Waals surface area contributed by atoms with Crippen LogP contribution >= 0.6 is 11.3 Å². The largest absolute Gasteiger partial charge is 0.497 e. The average Bonchev–Trinajstić information content (AvgIpc) is 3.54. The average molecular weight is 562 g/mol. The molecule has 0 bridgehead atoms. The molecule has 38 heavy (non-hydrogen) atoms. The van der Waals surface area contributed by atoms with Crippen LogP contribution < -0.4 is 9.54 Å². The van der Waals surface area contributed by atoms with Crippen molar-refractivity contribution in [3.05, 3.63) is 52.8 Å². The summed E-state index contributed by atoms with van der Waals surface area (Å²) in [4.78, 5) is 30.6. The van der Waals surface area contributed by atoms with E-state index in [2.05, 4.69) is 4.99 Å². The number of rotatable bonds is 10. The lowest BCUT2D eigenvalue weighted by molar-refractivity contribution is -0.121.